The molecule has 2 aromatic rings. The smallest absolute Gasteiger partial charge is 0.239 e. The summed E-state index contributed by atoms with van der Waals surface area (Å²) in [5.41, 5.74) is 11.2. The summed E-state index contributed by atoms with van der Waals surface area (Å²) in [6.07, 6.45) is 6.62. The van der Waals surface area contributed by atoms with Crippen LogP contribution in [0.25, 0.3) is 11.2 Å². The van der Waals surface area contributed by atoms with Gasteiger partial charge >= 0.3 is 0 Å². The molecule has 1 amide bonds. The molecule has 0 radical (unpaired) electrons. The van der Waals surface area contributed by atoms with E-state index in [0.29, 0.717) is 50.1 Å². The summed E-state index contributed by atoms with van der Waals surface area (Å²) in [6, 6.07) is -0.452. The van der Waals surface area contributed by atoms with Gasteiger partial charge in [-0.1, -0.05) is 6.42 Å². The highest BCUT2D eigenvalue weighted by Crippen LogP contribution is 2.44. The van der Waals surface area contributed by atoms with Gasteiger partial charge in [0.05, 0.1) is 36.2 Å². The molecule has 174 valence electrons. The third-order valence-electron chi connectivity index (χ3n) is 7.34. The molecule has 3 aliphatic heterocycles. The number of rotatable bonds is 2. The maximum absolute atomic E-state index is 12.9. The zero-order valence-corrected chi connectivity index (χ0v) is 18.5. The highest BCUT2D eigenvalue weighted by Gasteiger charge is 2.50. The minimum absolute atomic E-state index is 0.0612. The van der Waals surface area contributed by atoms with Crippen LogP contribution >= 0.6 is 0 Å². The number of ether oxygens (including phenoxy) is 1. The Labute approximate surface area is 186 Å². The number of fused-ring (bicyclic) bond motifs is 1. The molecule has 0 saturated carbocycles. The summed E-state index contributed by atoms with van der Waals surface area (Å²) >= 11 is 0. The zero-order valence-electron chi connectivity index (χ0n) is 18.5. The van der Waals surface area contributed by atoms with Gasteiger partial charge in [-0.25, -0.2) is 4.98 Å². The number of carbonyl (C=O) groups is 1. The number of nitrogens with zero attached hydrogens (tertiary/aromatic N) is 5. The van der Waals surface area contributed by atoms with Crippen molar-refractivity contribution in [1.82, 2.24) is 29.7 Å². The second-order valence-electron chi connectivity index (χ2n) is 9.66. The normalized spacial score (nSPS) is 30.6. The lowest BCUT2D eigenvalue weighted by Crippen LogP contribution is -2.59. The molecule has 11 heteroatoms. The number of piperidine rings is 2. The highest BCUT2D eigenvalue weighted by atomic mass is 16.5. The van der Waals surface area contributed by atoms with E-state index in [1.54, 1.807) is 10.9 Å². The first kappa shape index (κ1) is 21.4. The highest BCUT2D eigenvalue weighted by molar-refractivity contribution is 5.83. The first-order valence-corrected chi connectivity index (χ1v) is 11.4. The minimum atomic E-state index is -1.06. The van der Waals surface area contributed by atoms with Crippen LogP contribution in [0.5, 0.6) is 0 Å². The molecule has 0 bridgehead atoms. The molecule has 0 aromatic carbocycles. The molecule has 3 aliphatic rings. The van der Waals surface area contributed by atoms with Gasteiger partial charge in [0, 0.05) is 19.5 Å². The van der Waals surface area contributed by atoms with Gasteiger partial charge in [-0.15, -0.1) is 0 Å². The fourth-order valence-electron chi connectivity index (χ4n) is 5.56. The number of aromatic nitrogens is 4. The summed E-state index contributed by atoms with van der Waals surface area (Å²) in [7, 11) is 0. The predicted molar refractivity (Wildman–Crippen MR) is 119 cm³/mol. The van der Waals surface area contributed by atoms with Crippen molar-refractivity contribution in [2.45, 2.75) is 68.7 Å². The minimum Gasteiger partial charge on any atom is -0.388 e. The third kappa shape index (κ3) is 3.67. The van der Waals surface area contributed by atoms with Crippen LogP contribution in [-0.4, -0.2) is 78.9 Å². The fourth-order valence-corrected chi connectivity index (χ4v) is 5.56. The number of nitrogens with two attached hydrogens (primary N) is 2. The van der Waals surface area contributed by atoms with Gasteiger partial charge in [-0.05, 0) is 39.2 Å². The number of likely N-dealkylation sites (tertiary alicyclic amines) is 1. The second-order valence-corrected chi connectivity index (χ2v) is 9.66. The second kappa shape index (κ2) is 7.82. The van der Waals surface area contributed by atoms with Crippen molar-refractivity contribution in [3.63, 3.8) is 0 Å². The Bertz CT molecular complexity index is 1010. The number of hydrogen-bond acceptors (Lipinski definition) is 9. The van der Waals surface area contributed by atoms with Crippen LogP contribution < -0.4 is 16.8 Å². The number of aliphatic hydroxyl groups is 1. The van der Waals surface area contributed by atoms with Crippen LogP contribution in [0.2, 0.25) is 0 Å². The number of hydrogen-bond donors (Lipinski definition) is 4. The van der Waals surface area contributed by atoms with E-state index >= 15 is 0 Å². The molecule has 32 heavy (non-hydrogen) atoms. The number of amides is 1. The average Bonchev–Trinajstić information content (AvgIpc) is 3.17. The summed E-state index contributed by atoms with van der Waals surface area (Å²) in [5, 5.41) is 14.8. The Kier molecular flexibility index (Phi) is 5.22. The van der Waals surface area contributed by atoms with Crippen molar-refractivity contribution < 1.29 is 14.6 Å². The van der Waals surface area contributed by atoms with Crippen molar-refractivity contribution in [3.05, 3.63) is 6.33 Å². The number of nitrogens with one attached hydrogen (secondary N) is 1. The Balaban J connectivity index is 1.29. The van der Waals surface area contributed by atoms with Gasteiger partial charge in [0.15, 0.2) is 11.5 Å². The Hall–Kier alpha value is -2.50. The quantitative estimate of drug-likeness (QED) is 0.508. The van der Waals surface area contributed by atoms with E-state index in [2.05, 4.69) is 20.3 Å². The Morgan fingerprint density at radius 2 is 2.06 bits per heavy atom. The predicted octanol–water partition coefficient (Wildman–Crippen LogP) is 0.206. The fraction of sp³-hybridized carbons (Fsp3) is 0.714. The van der Waals surface area contributed by atoms with Gasteiger partial charge in [0.2, 0.25) is 11.9 Å². The molecule has 0 unspecified atom stereocenters. The molecule has 6 N–H and O–H groups in total. The van der Waals surface area contributed by atoms with E-state index in [4.69, 9.17) is 16.2 Å². The van der Waals surface area contributed by atoms with Gasteiger partial charge in [0.1, 0.15) is 5.52 Å². The summed E-state index contributed by atoms with van der Waals surface area (Å²) in [5.74, 6) is 0.470. The van der Waals surface area contributed by atoms with Crippen LogP contribution in [0.3, 0.4) is 0 Å². The molecule has 11 nitrogen and oxygen atoms in total. The maximum Gasteiger partial charge on any atom is 0.239 e. The Morgan fingerprint density at radius 1 is 1.28 bits per heavy atom. The molecule has 1 spiro atoms. The number of carbonyl (C=O) groups excluding carboxylic acids is 1. The molecular weight excluding hydrogens is 412 g/mol. The lowest BCUT2D eigenvalue weighted by atomic mass is 9.75. The monoisotopic (exact) mass is 444 g/mol. The van der Waals surface area contributed by atoms with E-state index < -0.39 is 17.2 Å². The lowest BCUT2D eigenvalue weighted by molar-refractivity contribution is -0.197. The van der Waals surface area contributed by atoms with Crippen LogP contribution in [0.1, 0.15) is 51.5 Å². The first-order chi connectivity index (χ1) is 15.3. The standard InChI is InChI=1S/C21H32N8O3/c1-20(31)11-21(5-8-28(9-6-21)18(30)13-4-2-3-7-24-13)32-10-14(20)29-12-25-15-16(22)26-19(23)27-17(15)29/h12-14,24,31H,2-11H2,1H3,(H4,22,23,26,27)/t13-,14+,20+/m0/s1. The van der Waals surface area contributed by atoms with Crippen LogP contribution in [0.15, 0.2) is 6.33 Å². The molecule has 5 heterocycles. The molecular formula is C21H32N8O3. The zero-order chi connectivity index (χ0) is 22.5. The SMILES string of the molecule is C[C@@]1(O)CC2(CCN(C(=O)[C@@H]3CCCCN3)CC2)OC[C@H]1n1cnc2c(N)nc(N)nc21. The van der Waals surface area contributed by atoms with E-state index in [0.717, 1.165) is 25.8 Å². The van der Waals surface area contributed by atoms with Crippen molar-refractivity contribution in [1.29, 1.82) is 0 Å². The number of imidazole rings is 1. The summed E-state index contributed by atoms with van der Waals surface area (Å²) in [6.45, 7) is 4.33. The van der Waals surface area contributed by atoms with Crippen molar-refractivity contribution in [2.75, 3.05) is 37.7 Å². The topological polar surface area (TPSA) is 157 Å². The molecule has 2 aromatic heterocycles. The maximum atomic E-state index is 12.9. The third-order valence-corrected chi connectivity index (χ3v) is 7.34. The van der Waals surface area contributed by atoms with Gasteiger partial charge in [0.25, 0.3) is 0 Å². The average molecular weight is 445 g/mol. The molecule has 3 saturated heterocycles. The van der Waals surface area contributed by atoms with Gasteiger partial charge in [-0.3, -0.25) is 4.79 Å². The van der Waals surface area contributed by atoms with Crippen LogP contribution in [-0.2, 0) is 9.53 Å². The molecule has 0 aliphatic carbocycles. The van der Waals surface area contributed by atoms with Crippen molar-refractivity contribution in [3.8, 4) is 0 Å². The van der Waals surface area contributed by atoms with Crippen LogP contribution in [0, 0.1) is 0 Å². The molecule has 3 atom stereocenters. The number of nitrogen functional groups attached to an aromatic ring is 2. The van der Waals surface area contributed by atoms with E-state index in [1.807, 2.05) is 11.8 Å². The van der Waals surface area contributed by atoms with Gasteiger partial charge < -0.3 is 36.1 Å². The molecule has 5 rings (SSSR count). The molecule has 3 fully saturated rings. The largest absolute Gasteiger partial charge is 0.388 e. The Morgan fingerprint density at radius 3 is 2.75 bits per heavy atom. The number of anilines is 2. The van der Waals surface area contributed by atoms with Crippen LogP contribution in [0.4, 0.5) is 11.8 Å². The van der Waals surface area contributed by atoms with E-state index in [1.165, 1.54) is 0 Å². The van der Waals surface area contributed by atoms with E-state index in [-0.39, 0.29) is 23.7 Å². The first-order valence-electron chi connectivity index (χ1n) is 11.4. The summed E-state index contributed by atoms with van der Waals surface area (Å²) in [4.78, 5) is 27.4. The lowest BCUT2D eigenvalue weighted by Gasteiger charge is -2.51. The van der Waals surface area contributed by atoms with Crippen molar-refractivity contribution in [2.24, 2.45) is 0 Å². The van der Waals surface area contributed by atoms with E-state index in [9.17, 15) is 9.90 Å². The summed E-state index contributed by atoms with van der Waals surface area (Å²) < 4.78 is 8.18. The van der Waals surface area contributed by atoms with Crippen molar-refractivity contribution >= 4 is 28.8 Å². The van der Waals surface area contributed by atoms with Gasteiger partial charge in [-0.2, -0.15) is 9.97 Å².